The maximum atomic E-state index is 12.5. The van der Waals surface area contributed by atoms with E-state index < -0.39 is 5.60 Å². The first-order chi connectivity index (χ1) is 12.2. The average Bonchev–Trinajstić information content (AvgIpc) is 2.61. The Morgan fingerprint density at radius 3 is 2.46 bits per heavy atom. The van der Waals surface area contributed by atoms with Crippen LogP contribution in [0.4, 0.5) is 0 Å². The van der Waals surface area contributed by atoms with Crippen molar-refractivity contribution in [2.24, 2.45) is 0 Å². The standard InChI is InChI=1S/C22H29NO3/c1-15-11-17(3)20(12-16(15)2)18-7-5-8-19(13-18)21(25)23-14-22(4,26)9-6-10-24/h5,7-8,11-13,24,26H,6,9-10,14H2,1-4H3,(H,23,25)/t22-/m0/s1. The van der Waals surface area contributed by atoms with Gasteiger partial charge in [0.25, 0.3) is 5.91 Å². The molecular formula is C22H29NO3. The van der Waals surface area contributed by atoms with Gasteiger partial charge in [-0.2, -0.15) is 0 Å². The zero-order valence-corrected chi connectivity index (χ0v) is 16.1. The maximum Gasteiger partial charge on any atom is 0.251 e. The molecule has 1 amide bonds. The molecule has 0 bridgehead atoms. The van der Waals surface area contributed by atoms with Crippen LogP contribution >= 0.6 is 0 Å². The molecule has 0 fully saturated rings. The van der Waals surface area contributed by atoms with Gasteiger partial charge in [-0.3, -0.25) is 4.79 Å². The second-order valence-corrected chi connectivity index (χ2v) is 7.34. The van der Waals surface area contributed by atoms with Crippen molar-refractivity contribution in [3.8, 4) is 11.1 Å². The van der Waals surface area contributed by atoms with Gasteiger partial charge in [0, 0.05) is 18.7 Å². The molecule has 1 atom stereocenters. The van der Waals surface area contributed by atoms with Gasteiger partial charge in [0.2, 0.25) is 0 Å². The maximum absolute atomic E-state index is 12.5. The molecule has 2 aromatic carbocycles. The number of aliphatic hydroxyl groups excluding tert-OH is 1. The van der Waals surface area contributed by atoms with Crippen molar-refractivity contribution < 1.29 is 15.0 Å². The Bertz CT molecular complexity index is 781. The van der Waals surface area contributed by atoms with Crippen molar-refractivity contribution in [2.75, 3.05) is 13.2 Å². The second-order valence-electron chi connectivity index (χ2n) is 7.34. The zero-order chi connectivity index (χ0) is 19.3. The molecule has 0 heterocycles. The van der Waals surface area contributed by atoms with Crippen LogP contribution in [-0.2, 0) is 0 Å². The van der Waals surface area contributed by atoms with E-state index in [0.717, 1.165) is 11.1 Å². The molecule has 0 aliphatic rings. The highest BCUT2D eigenvalue weighted by atomic mass is 16.3. The van der Waals surface area contributed by atoms with Gasteiger partial charge < -0.3 is 15.5 Å². The van der Waals surface area contributed by atoms with E-state index in [1.54, 1.807) is 13.0 Å². The number of carbonyl (C=O) groups is 1. The van der Waals surface area contributed by atoms with Crippen molar-refractivity contribution in [1.29, 1.82) is 0 Å². The summed E-state index contributed by atoms with van der Waals surface area (Å²) in [6.07, 6.45) is 0.941. The van der Waals surface area contributed by atoms with E-state index in [4.69, 9.17) is 5.11 Å². The van der Waals surface area contributed by atoms with E-state index in [1.165, 1.54) is 16.7 Å². The van der Waals surface area contributed by atoms with E-state index in [9.17, 15) is 9.90 Å². The summed E-state index contributed by atoms with van der Waals surface area (Å²) in [5, 5.41) is 21.9. The van der Waals surface area contributed by atoms with E-state index >= 15 is 0 Å². The SMILES string of the molecule is Cc1cc(C)c(-c2cccc(C(=O)NC[C@@](C)(O)CCCO)c2)cc1C. The summed E-state index contributed by atoms with van der Waals surface area (Å²) in [5.74, 6) is -0.211. The first kappa shape index (κ1) is 20.1. The highest BCUT2D eigenvalue weighted by molar-refractivity contribution is 5.95. The summed E-state index contributed by atoms with van der Waals surface area (Å²) < 4.78 is 0. The lowest BCUT2D eigenvalue weighted by Crippen LogP contribution is -2.40. The Morgan fingerprint density at radius 2 is 1.77 bits per heavy atom. The van der Waals surface area contributed by atoms with Crippen molar-refractivity contribution in [2.45, 2.75) is 46.1 Å². The third kappa shape index (κ3) is 5.16. The molecular weight excluding hydrogens is 326 g/mol. The summed E-state index contributed by atoms with van der Waals surface area (Å²) in [5.41, 5.74) is 5.32. The van der Waals surface area contributed by atoms with Gasteiger partial charge in [-0.15, -0.1) is 0 Å². The predicted molar refractivity (Wildman–Crippen MR) is 105 cm³/mol. The van der Waals surface area contributed by atoms with Gasteiger partial charge in [0.05, 0.1) is 5.60 Å². The van der Waals surface area contributed by atoms with Crippen molar-refractivity contribution in [3.05, 3.63) is 58.7 Å². The minimum atomic E-state index is -1.03. The van der Waals surface area contributed by atoms with Crippen molar-refractivity contribution >= 4 is 5.91 Å². The van der Waals surface area contributed by atoms with Gasteiger partial charge in [0.1, 0.15) is 0 Å². The van der Waals surface area contributed by atoms with Crippen molar-refractivity contribution in [1.82, 2.24) is 5.32 Å². The Balaban J connectivity index is 2.16. The molecule has 0 aliphatic heterocycles. The van der Waals surface area contributed by atoms with E-state index in [2.05, 4.69) is 38.2 Å². The fourth-order valence-corrected chi connectivity index (χ4v) is 3.02. The molecule has 0 aliphatic carbocycles. The Morgan fingerprint density at radius 1 is 1.08 bits per heavy atom. The third-order valence-electron chi connectivity index (χ3n) is 4.78. The van der Waals surface area contributed by atoms with Gasteiger partial charge in [-0.05, 0) is 80.5 Å². The molecule has 3 N–H and O–H groups in total. The van der Waals surface area contributed by atoms with E-state index in [0.29, 0.717) is 18.4 Å². The highest BCUT2D eigenvalue weighted by Gasteiger charge is 2.21. The first-order valence-electron chi connectivity index (χ1n) is 9.03. The van der Waals surface area contributed by atoms with Gasteiger partial charge in [0.15, 0.2) is 0 Å². The van der Waals surface area contributed by atoms with E-state index in [1.807, 2.05) is 18.2 Å². The van der Waals surface area contributed by atoms with Crippen LogP contribution in [0.3, 0.4) is 0 Å². The van der Waals surface area contributed by atoms with Gasteiger partial charge in [-0.25, -0.2) is 0 Å². The molecule has 0 saturated carbocycles. The topological polar surface area (TPSA) is 69.6 Å². The summed E-state index contributed by atoms with van der Waals surface area (Å²) in [7, 11) is 0. The van der Waals surface area contributed by atoms with Crippen LogP contribution in [0.2, 0.25) is 0 Å². The number of amides is 1. The zero-order valence-electron chi connectivity index (χ0n) is 16.1. The monoisotopic (exact) mass is 355 g/mol. The average molecular weight is 355 g/mol. The molecule has 26 heavy (non-hydrogen) atoms. The lowest BCUT2D eigenvalue weighted by atomic mass is 9.94. The largest absolute Gasteiger partial charge is 0.396 e. The molecule has 0 saturated heterocycles. The molecule has 4 nitrogen and oxygen atoms in total. The Hall–Kier alpha value is -2.17. The number of hydrogen-bond donors (Lipinski definition) is 3. The lowest BCUT2D eigenvalue weighted by Gasteiger charge is -2.23. The number of rotatable bonds is 7. The van der Waals surface area contributed by atoms with Crippen LogP contribution in [0.1, 0.15) is 46.8 Å². The number of nitrogens with one attached hydrogen (secondary N) is 1. The molecule has 0 spiro atoms. The third-order valence-corrected chi connectivity index (χ3v) is 4.78. The summed E-state index contributed by atoms with van der Waals surface area (Å²) >= 11 is 0. The van der Waals surface area contributed by atoms with Crippen LogP contribution < -0.4 is 5.32 Å². The first-order valence-corrected chi connectivity index (χ1v) is 9.03. The molecule has 4 heteroatoms. The highest BCUT2D eigenvalue weighted by Crippen LogP contribution is 2.27. The summed E-state index contributed by atoms with van der Waals surface area (Å²) in [6.45, 7) is 8.10. The number of aliphatic hydroxyl groups is 2. The van der Waals surface area contributed by atoms with Gasteiger partial charge in [-0.1, -0.05) is 24.3 Å². The minimum Gasteiger partial charge on any atom is -0.396 e. The van der Waals surface area contributed by atoms with Crippen LogP contribution in [0.5, 0.6) is 0 Å². The summed E-state index contributed by atoms with van der Waals surface area (Å²) in [4.78, 5) is 12.5. The van der Waals surface area contributed by atoms with Crippen molar-refractivity contribution in [3.63, 3.8) is 0 Å². The second kappa shape index (κ2) is 8.47. The summed E-state index contributed by atoms with van der Waals surface area (Å²) in [6, 6.07) is 11.9. The molecule has 0 unspecified atom stereocenters. The molecule has 0 radical (unpaired) electrons. The van der Waals surface area contributed by atoms with Crippen LogP contribution in [0, 0.1) is 20.8 Å². The van der Waals surface area contributed by atoms with Gasteiger partial charge >= 0.3 is 0 Å². The van der Waals surface area contributed by atoms with E-state index in [-0.39, 0.29) is 19.1 Å². The normalized spacial score (nSPS) is 13.3. The minimum absolute atomic E-state index is 0.0292. The lowest BCUT2D eigenvalue weighted by molar-refractivity contribution is 0.0415. The molecule has 2 rings (SSSR count). The fraction of sp³-hybridized carbons (Fsp3) is 0.409. The Labute approximate surface area is 155 Å². The predicted octanol–water partition coefficient (Wildman–Crippen LogP) is 3.53. The Kier molecular flexibility index (Phi) is 6.57. The molecule has 140 valence electrons. The number of benzene rings is 2. The van der Waals surface area contributed by atoms with Crippen LogP contribution in [0.15, 0.2) is 36.4 Å². The number of hydrogen-bond acceptors (Lipinski definition) is 3. The molecule has 0 aromatic heterocycles. The quantitative estimate of drug-likeness (QED) is 0.712. The van der Waals surface area contributed by atoms with Crippen LogP contribution in [-0.4, -0.2) is 34.9 Å². The number of carbonyl (C=O) groups excluding carboxylic acids is 1. The fourth-order valence-electron chi connectivity index (χ4n) is 3.02. The van der Waals surface area contributed by atoms with Crippen LogP contribution in [0.25, 0.3) is 11.1 Å². The number of aryl methyl sites for hydroxylation is 3. The molecule has 2 aromatic rings. The smallest absolute Gasteiger partial charge is 0.251 e.